The number of carboxylic acids is 1. The molecule has 2 N–H and O–H groups in total. The van der Waals surface area contributed by atoms with Crippen molar-refractivity contribution < 1.29 is 14.7 Å². The van der Waals surface area contributed by atoms with Crippen LogP contribution in [-0.2, 0) is 4.79 Å². The third kappa shape index (κ3) is 5.06. The van der Waals surface area contributed by atoms with Crippen LogP contribution in [0.1, 0.15) is 26.7 Å². The first-order valence-corrected chi connectivity index (χ1v) is 7.06. The number of piperazine rings is 1. The van der Waals surface area contributed by atoms with E-state index in [1.165, 1.54) is 0 Å². The second-order valence-electron chi connectivity index (χ2n) is 4.96. The molecule has 1 atom stereocenters. The highest BCUT2D eigenvalue weighted by Gasteiger charge is 2.22. The van der Waals surface area contributed by atoms with Crippen LogP contribution in [-0.4, -0.2) is 66.2 Å². The van der Waals surface area contributed by atoms with Gasteiger partial charge in [0.1, 0.15) is 0 Å². The van der Waals surface area contributed by atoms with E-state index in [1.807, 2.05) is 6.92 Å². The van der Waals surface area contributed by atoms with E-state index in [0.717, 1.165) is 39.1 Å². The van der Waals surface area contributed by atoms with Crippen molar-refractivity contribution >= 4 is 12.0 Å². The molecule has 1 heterocycles. The number of amides is 2. The zero-order chi connectivity index (χ0) is 14.3. The molecule has 0 aromatic rings. The summed E-state index contributed by atoms with van der Waals surface area (Å²) in [5.74, 6) is -1.35. The van der Waals surface area contributed by atoms with E-state index in [9.17, 15) is 9.59 Å². The summed E-state index contributed by atoms with van der Waals surface area (Å²) in [6.07, 6.45) is 1.66. The maximum absolute atomic E-state index is 11.9. The van der Waals surface area contributed by atoms with Gasteiger partial charge in [-0.25, -0.2) is 4.79 Å². The molecule has 1 rings (SSSR count). The van der Waals surface area contributed by atoms with E-state index in [2.05, 4.69) is 17.1 Å². The van der Waals surface area contributed by atoms with E-state index >= 15 is 0 Å². The van der Waals surface area contributed by atoms with Gasteiger partial charge in [0.2, 0.25) is 0 Å². The monoisotopic (exact) mass is 271 g/mol. The largest absolute Gasteiger partial charge is 0.481 e. The molecule has 2 amide bonds. The topological polar surface area (TPSA) is 72.9 Å². The summed E-state index contributed by atoms with van der Waals surface area (Å²) in [7, 11) is 0. The molecule has 1 fully saturated rings. The SMILES string of the molecule is CCCN1CCN(C(=O)NCC(CC)C(=O)O)CC1. The lowest BCUT2D eigenvalue weighted by Crippen LogP contribution is -2.52. The Bertz CT molecular complexity index is 302. The van der Waals surface area contributed by atoms with E-state index in [0.29, 0.717) is 6.42 Å². The van der Waals surface area contributed by atoms with Crippen molar-refractivity contribution in [2.75, 3.05) is 39.3 Å². The van der Waals surface area contributed by atoms with Crippen LogP contribution in [0, 0.1) is 5.92 Å². The van der Waals surface area contributed by atoms with Crippen LogP contribution in [0.3, 0.4) is 0 Å². The molecule has 1 aliphatic rings. The molecule has 0 spiro atoms. The molecule has 0 aromatic carbocycles. The molecule has 1 saturated heterocycles. The Morgan fingerprint density at radius 3 is 2.32 bits per heavy atom. The Kier molecular flexibility index (Phi) is 6.62. The highest BCUT2D eigenvalue weighted by Crippen LogP contribution is 2.04. The highest BCUT2D eigenvalue weighted by atomic mass is 16.4. The van der Waals surface area contributed by atoms with Crippen LogP contribution in [0.5, 0.6) is 0 Å². The molecule has 0 saturated carbocycles. The normalized spacial score (nSPS) is 18.1. The van der Waals surface area contributed by atoms with Crippen molar-refractivity contribution in [2.24, 2.45) is 5.92 Å². The summed E-state index contributed by atoms with van der Waals surface area (Å²) < 4.78 is 0. The summed E-state index contributed by atoms with van der Waals surface area (Å²) in [5.41, 5.74) is 0. The Labute approximate surface area is 114 Å². The molecule has 0 aliphatic carbocycles. The lowest BCUT2D eigenvalue weighted by atomic mass is 10.1. The second kappa shape index (κ2) is 7.99. The third-order valence-corrected chi connectivity index (χ3v) is 3.54. The number of nitrogens with zero attached hydrogens (tertiary/aromatic N) is 2. The van der Waals surface area contributed by atoms with Gasteiger partial charge in [0.25, 0.3) is 0 Å². The van der Waals surface area contributed by atoms with Crippen LogP contribution in [0.2, 0.25) is 0 Å². The van der Waals surface area contributed by atoms with Gasteiger partial charge in [0.15, 0.2) is 0 Å². The van der Waals surface area contributed by atoms with Crippen LogP contribution >= 0.6 is 0 Å². The minimum atomic E-state index is -0.851. The van der Waals surface area contributed by atoms with Crippen molar-refractivity contribution in [1.82, 2.24) is 15.1 Å². The summed E-state index contributed by atoms with van der Waals surface area (Å²) in [6, 6.07) is -0.143. The summed E-state index contributed by atoms with van der Waals surface area (Å²) in [6.45, 7) is 8.48. The smallest absolute Gasteiger partial charge is 0.317 e. The van der Waals surface area contributed by atoms with E-state index < -0.39 is 11.9 Å². The van der Waals surface area contributed by atoms with Gasteiger partial charge in [0, 0.05) is 32.7 Å². The lowest BCUT2D eigenvalue weighted by Gasteiger charge is -2.34. The fourth-order valence-corrected chi connectivity index (χ4v) is 2.22. The van der Waals surface area contributed by atoms with Gasteiger partial charge in [-0.1, -0.05) is 13.8 Å². The molecule has 0 aromatic heterocycles. The first kappa shape index (κ1) is 15.8. The maximum atomic E-state index is 11.9. The number of urea groups is 1. The van der Waals surface area contributed by atoms with Crippen molar-refractivity contribution in [1.29, 1.82) is 0 Å². The number of aliphatic carboxylic acids is 1. The van der Waals surface area contributed by atoms with Crippen LogP contribution in [0.25, 0.3) is 0 Å². The molecule has 0 radical (unpaired) electrons. The number of carbonyl (C=O) groups excluding carboxylic acids is 1. The van der Waals surface area contributed by atoms with Crippen molar-refractivity contribution in [2.45, 2.75) is 26.7 Å². The first-order chi connectivity index (χ1) is 9.08. The third-order valence-electron chi connectivity index (χ3n) is 3.54. The maximum Gasteiger partial charge on any atom is 0.317 e. The van der Waals surface area contributed by atoms with Crippen molar-refractivity contribution in [3.8, 4) is 0 Å². The summed E-state index contributed by atoms with van der Waals surface area (Å²) >= 11 is 0. The van der Waals surface area contributed by atoms with E-state index in [-0.39, 0.29) is 12.6 Å². The minimum Gasteiger partial charge on any atom is -0.481 e. The first-order valence-electron chi connectivity index (χ1n) is 7.06. The molecule has 1 unspecified atom stereocenters. The number of hydrogen-bond donors (Lipinski definition) is 2. The number of hydrogen-bond acceptors (Lipinski definition) is 3. The summed E-state index contributed by atoms with van der Waals surface area (Å²) in [5, 5.41) is 11.6. The average molecular weight is 271 g/mol. The van der Waals surface area contributed by atoms with Crippen LogP contribution < -0.4 is 5.32 Å². The van der Waals surface area contributed by atoms with Gasteiger partial charge in [-0.2, -0.15) is 0 Å². The van der Waals surface area contributed by atoms with Gasteiger partial charge >= 0.3 is 12.0 Å². The molecule has 110 valence electrons. The van der Waals surface area contributed by atoms with Gasteiger partial charge in [-0.15, -0.1) is 0 Å². The fraction of sp³-hybridized carbons (Fsp3) is 0.846. The van der Waals surface area contributed by atoms with Gasteiger partial charge in [0.05, 0.1) is 5.92 Å². The van der Waals surface area contributed by atoms with Gasteiger partial charge in [-0.05, 0) is 19.4 Å². The number of carbonyl (C=O) groups is 2. The predicted octanol–water partition coefficient (Wildman–Crippen LogP) is 0.834. The number of carboxylic acid groups (broad SMARTS) is 1. The Hall–Kier alpha value is -1.30. The fourth-order valence-electron chi connectivity index (χ4n) is 2.22. The molecule has 1 aliphatic heterocycles. The van der Waals surface area contributed by atoms with E-state index in [4.69, 9.17) is 5.11 Å². The standard InChI is InChI=1S/C13H25N3O3/c1-3-5-15-6-8-16(9-7-15)13(19)14-10-11(4-2)12(17)18/h11H,3-10H2,1-2H3,(H,14,19)(H,17,18). The lowest BCUT2D eigenvalue weighted by molar-refractivity contribution is -0.141. The number of nitrogens with one attached hydrogen (secondary N) is 1. The predicted molar refractivity (Wildman–Crippen MR) is 73.1 cm³/mol. The Morgan fingerprint density at radius 1 is 1.21 bits per heavy atom. The molecule has 6 heteroatoms. The molecular weight excluding hydrogens is 246 g/mol. The number of rotatable bonds is 6. The zero-order valence-corrected chi connectivity index (χ0v) is 11.9. The highest BCUT2D eigenvalue weighted by molar-refractivity contribution is 5.76. The van der Waals surface area contributed by atoms with E-state index in [1.54, 1.807) is 4.90 Å². The van der Waals surface area contributed by atoms with Crippen LogP contribution in [0.4, 0.5) is 4.79 Å². The van der Waals surface area contributed by atoms with Gasteiger partial charge < -0.3 is 15.3 Å². The minimum absolute atomic E-state index is 0.143. The molecule has 6 nitrogen and oxygen atoms in total. The Morgan fingerprint density at radius 2 is 1.84 bits per heavy atom. The average Bonchev–Trinajstić information content (AvgIpc) is 2.40. The van der Waals surface area contributed by atoms with Crippen molar-refractivity contribution in [3.63, 3.8) is 0 Å². The van der Waals surface area contributed by atoms with Crippen molar-refractivity contribution in [3.05, 3.63) is 0 Å². The zero-order valence-electron chi connectivity index (χ0n) is 11.9. The molecule has 19 heavy (non-hydrogen) atoms. The Balaban J connectivity index is 2.29. The molecule has 0 bridgehead atoms. The quantitative estimate of drug-likeness (QED) is 0.750. The second-order valence-corrected chi connectivity index (χ2v) is 4.96. The molecular formula is C13H25N3O3. The van der Waals surface area contributed by atoms with Gasteiger partial charge in [-0.3, -0.25) is 9.69 Å². The van der Waals surface area contributed by atoms with Crippen LogP contribution in [0.15, 0.2) is 0 Å². The summed E-state index contributed by atoms with van der Waals surface area (Å²) in [4.78, 5) is 26.9.